The van der Waals surface area contributed by atoms with Gasteiger partial charge in [0.2, 0.25) is 5.89 Å². The Labute approximate surface area is 174 Å². The normalized spacial score (nSPS) is 12.0. The molecule has 1 aliphatic rings. The molecule has 4 aromatic rings. The summed E-state index contributed by atoms with van der Waals surface area (Å²) in [5.74, 6) is 0.946. The van der Waals surface area contributed by atoms with Crippen molar-refractivity contribution in [2.24, 2.45) is 0 Å². The van der Waals surface area contributed by atoms with E-state index in [1.807, 2.05) is 30.3 Å². The van der Waals surface area contributed by atoms with E-state index in [4.69, 9.17) is 25.5 Å². The summed E-state index contributed by atoms with van der Waals surface area (Å²) >= 11 is 7.27. The van der Waals surface area contributed by atoms with Gasteiger partial charge in [-0.15, -0.1) is 21.5 Å². The van der Waals surface area contributed by atoms with Crippen molar-refractivity contribution in [1.29, 1.82) is 0 Å². The maximum absolute atomic E-state index is 12.5. The molecule has 2 aromatic carbocycles. The van der Waals surface area contributed by atoms with Crippen molar-refractivity contribution in [3.05, 3.63) is 76.0 Å². The lowest BCUT2D eigenvalue weighted by molar-refractivity contribution is 0.0444. The lowest BCUT2D eigenvalue weighted by Gasteiger charge is -2.16. The van der Waals surface area contributed by atoms with Gasteiger partial charge in [0.15, 0.2) is 6.61 Å². The molecule has 8 heteroatoms. The Morgan fingerprint density at radius 2 is 1.97 bits per heavy atom. The van der Waals surface area contributed by atoms with Gasteiger partial charge in [-0.25, -0.2) is 4.79 Å². The van der Waals surface area contributed by atoms with Crippen molar-refractivity contribution in [2.45, 2.75) is 13.2 Å². The van der Waals surface area contributed by atoms with E-state index in [2.05, 4.69) is 10.2 Å². The van der Waals surface area contributed by atoms with Crippen LogP contribution in [-0.4, -0.2) is 16.2 Å². The first-order chi connectivity index (χ1) is 14.2. The minimum atomic E-state index is -0.437. The third-order valence-corrected chi connectivity index (χ3v) is 5.85. The van der Waals surface area contributed by atoms with Crippen molar-refractivity contribution < 1.29 is 18.7 Å². The number of benzene rings is 2. The average molecular weight is 425 g/mol. The third kappa shape index (κ3) is 3.50. The van der Waals surface area contributed by atoms with Gasteiger partial charge in [0, 0.05) is 26.6 Å². The number of nitrogens with zero attached hydrogens (tertiary/aromatic N) is 2. The molecule has 0 N–H and O–H groups in total. The van der Waals surface area contributed by atoms with E-state index in [1.54, 1.807) is 24.3 Å². The van der Waals surface area contributed by atoms with Crippen LogP contribution in [0.3, 0.4) is 0 Å². The number of ether oxygens (including phenoxy) is 2. The van der Waals surface area contributed by atoms with Crippen LogP contribution in [0.5, 0.6) is 5.75 Å². The minimum absolute atomic E-state index is 0.102. The molecule has 0 atom stereocenters. The molecule has 0 unspecified atom stereocenters. The van der Waals surface area contributed by atoms with Crippen molar-refractivity contribution in [2.75, 3.05) is 0 Å². The number of carbonyl (C=O) groups excluding carboxylic acids is 1. The summed E-state index contributed by atoms with van der Waals surface area (Å²) in [6.45, 7) is 0.333. The van der Waals surface area contributed by atoms with Gasteiger partial charge in [0.05, 0.1) is 0 Å². The second kappa shape index (κ2) is 7.35. The summed E-state index contributed by atoms with van der Waals surface area (Å²) < 4.78 is 16.7. The Kier molecular flexibility index (Phi) is 4.54. The standard InChI is InChI=1S/C21H13ClN2O4S/c22-14-7-5-12(6-8-14)20-24-23-18(28-20)11-27-21(25)17-9-13-10-26-16-4-2-1-3-15(16)19(13)29-17/h1-9H,10-11H2. The first kappa shape index (κ1) is 17.9. The van der Waals surface area contributed by atoms with E-state index in [1.165, 1.54) is 11.3 Å². The van der Waals surface area contributed by atoms with Crippen LogP contribution in [0.4, 0.5) is 0 Å². The molecule has 0 radical (unpaired) electrons. The fourth-order valence-electron chi connectivity index (χ4n) is 3.02. The largest absolute Gasteiger partial charge is 0.488 e. The summed E-state index contributed by atoms with van der Waals surface area (Å²) in [6, 6.07) is 16.6. The third-order valence-electron chi connectivity index (χ3n) is 4.41. The fourth-order valence-corrected chi connectivity index (χ4v) is 4.24. The van der Waals surface area contributed by atoms with Crippen LogP contribution in [0.1, 0.15) is 21.1 Å². The van der Waals surface area contributed by atoms with Crippen LogP contribution in [0, 0.1) is 0 Å². The molecule has 0 amide bonds. The number of hydrogen-bond donors (Lipinski definition) is 0. The molecule has 144 valence electrons. The number of fused-ring (bicyclic) bond motifs is 3. The Morgan fingerprint density at radius 3 is 2.83 bits per heavy atom. The molecule has 0 fully saturated rings. The molecular weight excluding hydrogens is 412 g/mol. The molecule has 1 aliphatic heterocycles. The number of halogens is 1. The minimum Gasteiger partial charge on any atom is -0.488 e. The summed E-state index contributed by atoms with van der Waals surface area (Å²) in [7, 11) is 0. The predicted molar refractivity (Wildman–Crippen MR) is 108 cm³/mol. The average Bonchev–Trinajstić information content (AvgIpc) is 3.40. The van der Waals surface area contributed by atoms with E-state index >= 15 is 0 Å². The maximum atomic E-state index is 12.5. The Morgan fingerprint density at radius 1 is 1.14 bits per heavy atom. The van der Waals surface area contributed by atoms with Gasteiger partial charge >= 0.3 is 5.97 Å². The topological polar surface area (TPSA) is 74.5 Å². The van der Waals surface area contributed by atoms with Crippen LogP contribution < -0.4 is 4.74 Å². The molecule has 2 aromatic heterocycles. The lowest BCUT2D eigenvalue weighted by atomic mass is 10.1. The van der Waals surface area contributed by atoms with Crippen molar-refractivity contribution in [3.8, 4) is 27.6 Å². The maximum Gasteiger partial charge on any atom is 0.348 e. The molecule has 29 heavy (non-hydrogen) atoms. The number of carbonyl (C=O) groups is 1. The monoisotopic (exact) mass is 424 g/mol. The van der Waals surface area contributed by atoms with E-state index in [0.717, 1.165) is 27.3 Å². The fraction of sp³-hybridized carbons (Fsp3) is 0.0952. The highest BCUT2D eigenvalue weighted by Crippen LogP contribution is 2.42. The number of thiophene rings is 1. The molecule has 0 aliphatic carbocycles. The summed E-state index contributed by atoms with van der Waals surface area (Å²) in [4.78, 5) is 14.0. The molecule has 0 saturated heterocycles. The van der Waals surface area contributed by atoms with E-state index in [9.17, 15) is 4.79 Å². The predicted octanol–water partition coefficient (Wildman–Crippen LogP) is 5.37. The highest BCUT2D eigenvalue weighted by atomic mass is 35.5. The molecule has 3 heterocycles. The molecule has 0 spiro atoms. The summed E-state index contributed by atoms with van der Waals surface area (Å²) in [6.07, 6.45) is 0. The number of para-hydroxylation sites is 1. The van der Waals surface area contributed by atoms with E-state index < -0.39 is 5.97 Å². The van der Waals surface area contributed by atoms with Gasteiger partial charge in [-0.2, -0.15) is 0 Å². The highest BCUT2D eigenvalue weighted by molar-refractivity contribution is 7.17. The van der Waals surface area contributed by atoms with Crippen LogP contribution in [-0.2, 0) is 18.0 Å². The zero-order valence-corrected chi connectivity index (χ0v) is 16.5. The first-order valence-corrected chi connectivity index (χ1v) is 9.97. The lowest BCUT2D eigenvalue weighted by Crippen LogP contribution is -2.04. The number of hydrogen-bond acceptors (Lipinski definition) is 7. The second-order valence-corrected chi connectivity index (χ2v) is 7.82. The molecule has 5 rings (SSSR count). The van der Waals surface area contributed by atoms with Crippen molar-refractivity contribution in [1.82, 2.24) is 10.2 Å². The summed E-state index contributed by atoms with van der Waals surface area (Å²) in [5.41, 5.74) is 2.70. The SMILES string of the molecule is O=C(OCc1nnc(-c2ccc(Cl)cc2)o1)c1cc2c(s1)-c1ccccc1OC2. The first-order valence-electron chi connectivity index (χ1n) is 8.78. The number of esters is 1. The quantitative estimate of drug-likeness (QED) is 0.410. The van der Waals surface area contributed by atoms with Gasteiger partial charge in [0.25, 0.3) is 5.89 Å². The van der Waals surface area contributed by atoms with E-state index in [0.29, 0.717) is 22.4 Å². The Bertz CT molecular complexity index is 1200. The van der Waals surface area contributed by atoms with Crippen molar-refractivity contribution in [3.63, 3.8) is 0 Å². The van der Waals surface area contributed by atoms with E-state index in [-0.39, 0.29) is 12.5 Å². The van der Waals surface area contributed by atoms with Gasteiger partial charge in [-0.3, -0.25) is 0 Å². The Balaban J connectivity index is 1.29. The number of aromatic nitrogens is 2. The molecule has 0 saturated carbocycles. The zero-order chi connectivity index (χ0) is 19.8. The van der Waals surface area contributed by atoms with Crippen LogP contribution in [0.25, 0.3) is 21.9 Å². The van der Waals surface area contributed by atoms with Gasteiger partial charge < -0.3 is 13.9 Å². The summed E-state index contributed by atoms with van der Waals surface area (Å²) in [5, 5.41) is 8.53. The van der Waals surface area contributed by atoms with Crippen LogP contribution >= 0.6 is 22.9 Å². The zero-order valence-electron chi connectivity index (χ0n) is 14.9. The van der Waals surface area contributed by atoms with Crippen LogP contribution in [0.15, 0.2) is 59.0 Å². The van der Waals surface area contributed by atoms with Gasteiger partial charge in [-0.1, -0.05) is 23.7 Å². The molecular formula is C21H13ClN2O4S. The van der Waals surface area contributed by atoms with Gasteiger partial charge in [0.1, 0.15) is 17.2 Å². The van der Waals surface area contributed by atoms with Crippen molar-refractivity contribution >= 4 is 28.9 Å². The second-order valence-electron chi connectivity index (χ2n) is 6.33. The molecule has 6 nitrogen and oxygen atoms in total. The highest BCUT2D eigenvalue weighted by Gasteiger charge is 2.23. The van der Waals surface area contributed by atoms with Gasteiger partial charge in [-0.05, 0) is 42.5 Å². The smallest absolute Gasteiger partial charge is 0.348 e. The Hall–Kier alpha value is -3.16. The number of rotatable bonds is 4. The molecule has 0 bridgehead atoms. The van der Waals surface area contributed by atoms with Crippen LogP contribution in [0.2, 0.25) is 5.02 Å².